The zero-order chi connectivity index (χ0) is 10.7. The molecule has 1 aromatic heterocycles. The van der Waals surface area contributed by atoms with Gasteiger partial charge in [-0.1, -0.05) is 5.16 Å². The van der Waals surface area contributed by atoms with Crippen LogP contribution in [0.15, 0.2) is 4.52 Å². The second-order valence-electron chi connectivity index (χ2n) is 3.51. The molecule has 6 heteroatoms. The molecule has 0 aliphatic carbocycles. The predicted molar refractivity (Wildman–Crippen MR) is 54.9 cm³/mol. The van der Waals surface area contributed by atoms with E-state index in [0.29, 0.717) is 11.8 Å². The van der Waals surface area contributed by atoms with E-state index in [9.17, 15) is 4.79 Å². The fourth-order valence-corrected chi connectivity index (χ4v) is 2.69. The molecule has 0 amide bonds. The van der Waals surface area contributed by atoms with E-state index < -0.39 is 5.97 Å². The summed E-state index contributed by atoms with van der Waals surface area (Å²) in [5.41, 5.74) is 0. The predicted octanol–water partition coefficient (Wildman–Crippen LogP) is 1.31. The van der Waals surface area contributed by atoms with Crippen LogP contribution < -0.4 is 0 Å². The number of aliphatic carboxylic acids is 1. The Morgan fingerprint density at radius 3 is 2.93 bits per heavy atom. The Labute approximate surface area is 91.2 Å². The molecule has 0 spiro atoms. The third-order valence-electron chi connectivity index (χ3n) is 2.36. The molecular formula is C9H12N2O3S. The van der Waals surface area contributed by atoms with E-state index in [4.69, 9.17) is 9.63 Å². The normalized spacial score (nSPS) is 17.9. The molecule has 2 heterocycles. The Morgan fingerprint density at radius 2 is 2.27 bits per heavy atom. The fraction of sp³-hybridized carbons (Fsp3) is 0.667. The minimum atomic E-state index is -0.929. The summed E-state index contributed by atoms with van der Waals surface area (Å²) in [7, 11) is 0. The highest BCUT2D eigenvalue weighted by molar-refractivity contribution is 7.99. The van der Waals surface area contributed by atoms with Gasteiger partial charge in [0, 0.05) is 5.92 Å². The number of rotatable bonds is 3. The summed E-state index contributed by atoms with van der Waals surface area (Å²) in [6.45, 7) is 0. The number of aromatic nitrogens is 2. The van der Waals surface area contributed by atoms with Crippen LogP contribution in [-0.2, 0) is 11.2 Å². The Kier molecular flexibility index (Phi) is 3.25. The van der Waals surface area contributed by atoms with Gasteiger partial charge in [0.05, 0.1) is 0 Å². The van der Waals surface area contributed by atoms with Gasteiger partial charge >= 0.3 is 5.97 Å². The quantitative estimate of drug-likeness (QED) is 0.840. The van der Waals surface area contributed by atoms with Crippen molar-refractivity contribution in [3.8, 4) is 0 Å². The first-order valence-electron chi connectivity index (χ1n) is 4.87. The topological polar surface area (TPSA) is 76.2 Å². The molecule has 0 aromatic carbocycles. The average molecular weight is 228 g/mol. The van der Waals surface area contributed by atoms with Crippen LogP contribution in [0.4, 0.5) is 0 Å². The van der Waals surface area contributed by atoms with E-state index in [2.05, 4.69) is 10.1 Å². The zero-order valence-corrected chi connectivity index (χ0v) is 9.00. The van der Waals surface area contributed by atoms with Gasteiger partial charge in [0.15, 0.2) is 5.82 Å². The van der Waals surface area contributed by atoms with Gasteiger partial charge in [-0.2, -0.15) is 16.7 Å². The number of carbonyl (C=O) groups is 1. The van der Waals surface area contributed by atoms with Crippen molar-refractivity contribution in [3.05, 3.63) is 11.7 Å². The van der Waals surface area contributed by atoms with Crippen LogP contribution in [0, 0.1) is 0 Å². The van der Waals surface area contributed by atoms with Crippen molar-refractivity contribution < 1.29 is 14.4 Å². The van der Waals surface area contributed by atoms with Crippen molar-refractivity contribution in [2.24, 2.45) is 0 Å². The number of nitrogens with zero attached hydrogens (tertiary/aromatic N) is 2. The summed E-state index contributed by atoms with van der Waals surface area (Å²) in [6, 6.07) is 0. The number of hydrogen-bond donors (Lipinski definition) is 1. The highest BCUT2D eigenvalue weighted by Crippen LogP contribution is 2.30. The molecule has 82 valence electrons. The third kappa shape index (κ3) is 2.71. The lowest BCUT2D eigenvalue weighted by atomic mass is 10.0. The third-order valence-corrected chi connectivity index (χ3v) is 3.41. The Bertz CT molecular complexity index is 347. The molecule has 1 fully saturated rings. The van der Waals surface area contributed by atoms with Gasteiger partial charge in [-0.3, -0.25) is 4.79 Å². The summed E-state index contributed by atoms with van der Waals surface area (Å²) in [5.74, 6) is 2.49. The van der Waals surface area contributed by atoms with Crippen molar-refractivity contribution in [1.29, 1.82) is 0 Å². The van der Waals surface area contributed by atoms with Crippen molar-refractivity contribution in [1.82, 2.24) is 10.1 Å². The maximum absolute atomic E-state index is 10.4. The molecule has 0 atom stereocenters. The maximum atomic E-state index is 10.4. The van der Waals surface area contributed by atoms with Crippen LogP contribution in [0.3, 0.4) is 0 Å². The van der Waals surface area contributed by atoms with Crippen molar-refractivity contribution >= 4 is 17.7 Å². The minimum Gasteiger partial charge on any atom is -0.481 e. The summed E-state index contributed by atoms with van der Waals surface area (Å²) < 4.78 is 5.07. The first-order chi connectivity index (χ1) is 7.25. The molecule has 15 heavy (non-hydrogen) atoms. The van der Waals surface area contributed by atoms with Gasteiger partial charge in [-0.25, -0.2) is 0 Å². The van der Waals surface area contributed by atoms with Crippen molar-refractivity contribution in [3.63, 3.8) is 0 Å². The smallest absolute Gasteiger partial charge is 0.311 e. The minimum absolute atomic E-state index is 0.162. The highest BCUT2D eigenvalue weighted by atomic mass is 32.2. The molecule has 5 nitrogen and oxygen atoms in total. The first-order valence-corrected chi connectivity index (χ1v) is 6.03. The highest BCUT2D eigenvalue weighted by Gasteiger charge is 2.22. The lowest BCUT2D eigenvalue weighted by molar-refractivity contribution is -0.136. The number of hydrogen-bond acceptors (Lipinski definition) is 5. The van der Waals surface area contributed by atoms with Gasteiger partial charge in [-0.05, 0) is 24.3 Å². The molecule has 0 bridgehead atoms. The lowest BCUT2D eigenvalue weighted by Crippen LogP contribution is -2.08. The van der Waals surface area contributed by atoms with Gasteiger partial charge in [0.1, 0.15) is 6.42 Å². The number of thioether (sulfide) groups is 1. The van der Waals surface area contributed by atoms with Crippen molar-refractivity contribution in [2.75, 3.05) is 11.5 Å². The maximum Gasteiger partial charge on any atom is 0.311 e. The largest absolute Gasteiger partial charge is 0.481 e. The molecule has 1 aromatic rings. The molecule has 0 unspecified atom stereocenters. The SMILES string of the molecule is O=C(O)Cc1noc(C2CCSCC2)n1. The van der Waals surface area contributed by atoms with Crippen LogP contribution in [0.25, 0.3) is 0 Å². The Balaban J connectivity index is 2.02. The first kappa shape index (κ1) is 10.5. The Morgan fingerprint density at radius 1 is 1.53 bits per heavy atom. The van der Waals surface area contributed by atoms with E-state index >= 15 is 0 Å². The standard InChI is InChI=1S/C9H12N2O3S/c12-8(13)5-7-10-9(14-11-7)6-1-3-15-4-2-6/h6H,1-5H2,(H,12,13). The fourth-order valence-electron chi connectivity index (χ4n) is 1.58. The molecule has 0 saturated carbocycles. The van der Waals surface area contributed by atoms with Crippen LogP contribution in [-0.4, -0.2) is 32.7 Å². The zero-order valence-electron chi connectivity index (χ0n) is 8.18. The molecular weight excluding hydrogens is 216 g/mol. The molecule has 2 rings (SSSR count). The van der Waals surface area contributed by atoms with Gasteiger partial charge < -0.3 is 9.63 Å². The molecule has 0 radical (unpaired) electrons. The number of carboxylic acids is 1. The second kappa shape index (κ2) is 4.65. The number of carboxylic acid groups (broad SMARTS) is 1. The van der Waals surface area contributed by atoms with Crippen LogP contribution in [0.1, 0.15) is 30.5 Å². The van der Waals surface area contributed by atoms with E-state index in [-0.39, 0.29) is 12.2 Å². The second-order valence-corrected chi connectivity index (χ2v) is 4.73. The summed E-state index contributed by atoms with van der Waals surface area (Å²) in [5, 5.41) is 12.2. The summed E-state index contributed by atoms with van der Waals surface area (Å²) in [4.78, 5) is 14.5. The summed E-state index contributed by atoms with van der Waals surface area (Å²) in [6.07, 6.45) is 1.92. The molecule has 1 saturated heterocycles. The monoisotopic (exact) mass is 228 g/mol. The van der Waals surface area contributed by atoms with Gasteiger partial charge in [0.25, 0.3) is 0 Å². The average Bonchev–Trinajstić information content (AvgIpc) is 2.67. The van der Waals surface area contributed by atoms with Crippen LogP contribution >= 0.6 is 11.8 Å². The van der Waals surface area contributed by atoms with E-state index in [1.165, 1.54) is 0 Å². The van der Waals surface area contributed by atoms with E-state index in [0.717, 1.165) is 24.3 Å². The van der Waals surface area contributed by atoms with Gasteiger partial charge in [0.2, 0.25) is 5.89 Å². The van der Waals surface area contributed by atoms with Gasteiger partial charge in [-0.15, -0.1) is 0 Å². The van der Waals surface area contributed by atoms with Crippen LogP contribution in [0.2, 0.25) is 0 Å². The van der Waals surface area contributed by atoms with Crippen LogP contribution in [0.5, 0.6) is 0 Å². The summed E-state index contributed by atoms with van der Waals surface area (Å²) >= 11 is 1.93. The molecule has 1 aliphatic rings. The Hall–Kier alpha value is -1.04. The molecule has 1 aliphatic heterocycles. The van der Waals surface area contributed by atoms with Crippen molar-refractivity contribution in [2.45, 2.75) is 25.2 Å². The van der Waals surface area contributed by atoms with E-state index in [1.807, 2.05) is 11.8 Å². The molecule has 1 N–H and O–H groups in total. The lowest BCUT2D eigenvalue weighted by Gasteiger charge is -2.16. The van der Waals surface area contributed by atoms with E-state index in [1.54, 1.807) is 0 Å².